The lowest BCUT2D eigenvalue weighted by Crippen LogP contribution is -2.44. The first kappa shape index (κ1) is 29.3. The third-order valence-corrected chi connectivity index (χ3v) is 7.91. The number of aromatic nitrogens is 2. The predicted molar refractivity (Wildman–Crippen MR) is 143 cm³/mol. The number of alkyl halides is 3. The first-order valence-corrected chi connectivity index (χ1v) is 13.5. The summed E-state index contributed by atoms with van der Waals surface area (Å²) < 4.78 is 41.4. The maximum Gasteiger partial charge on any atom is 0.419 e. The van der Waals surface area contributed by atoms with Gasteiger partial charge < -0.3 is 20.4 Å². The van der Waals surface area contributed by atoms with Gasteiger partial charge in [-0.2, -0.15) is 18.4 Å². The first-order valence-electron chi connectivity index (χ1n) is 13.5. The van der Waals surface area contributed by atoms with Gasteiger partial charge in [0.15, 0.2) is 0 Å². The molecule has 1 saturated heterocycles. The zero-order valence-electron chi connectivity index (χ0n) is 22.7. The number of piperidine rings is 1. The van der Waals surface area contributed by atoms with Crippen LogP contribution < -0.4 is 10.6 Å². The highest BCUT2D eigenvalue weighted by molar-refractivity contribution is 5.94. The highest BCUT2D eigenvalue weighted by Crippen LogP contribution is 2.38. The van der Waals surface area contributed by atoms with Gasteiger partial charge in [-0.25, -0.2) is 9.97 Å². The van der Waals surface area contributed by atoms with Gasteiger partial charge in [0.05, 0.1) is 17.3 Å². The van der Waals surface area contributed by atoms with Crippen LogP contribution in [0.25, 0.3) is 0 Å². The van der Waals surface area contributed by atoms with Gasteiger partial charge in [0.1, 0.15) is 6.54 Å². The fraction of sp³-hybridized carbons (Fsp3) is 0.536. The van der Waals surface area contributed by atoms with Crippen LogP contribution in [0, 0.1) is 23.2 Å². The topological polar surface area (TPSA) is 114 Å². The largest absolute Gasteiger partial charge is 0.419 e. The molecule has 0 spiro atoms. The van der Waals surface area contributed by atoms with E-state index in [4.69, 9.17) is 5.26 Å². The lowest BCUT2D eigenvalue weighted by Gasteiger charge is -2.35. The summed E-state index contributed by atoms with van der Waals surface area (Å²) in [5.41, 5.74) is -0.0673. The molecule has 1 aliphatic carbocycles. The zero-order chi connectivity index (χ0) is 28.9. The zero-order valence-corrected chi connectivity index (χ0v) is 22.7. The minimum Gasteiger partial charge on any atom is -0.343 e. The Hall–Kier alpha value is -3.72. The molecule has 2 heterocycles. The van der Waals surface area contributed by atoms with Crippen LogP contribution in [0.3, 0.4) is 0 Å². The molecular weight excluding hydrogens is 523 g/mol. The summed E-state index contributed by atoms with van der Waals surface area (Å²) in [5.74, 6) is -1.21. The van der Waals surface area contributed by atoms with E-state index >= 15 is 0 Å². The van der Waals surface area contributed by atoms with E-state index in [0.717, 1.165) is 32.1 Å². The molecule has 1 saturated carbocycles. The summed E-state index contributed by atoms with van der Waals surface area (Å²) in [6, 6.07) is 8.70. The van der Waals surface area contributed by atoms with E-state index in [1.807, 2.05) is 13.1 Å². The van der Waals surface area contributed by atoms with Gasteiger partial charge in [0, 0.05) is 36.5 Å². The van der Waals surface area contributed by atoms with Crippen LogP contribution in [0.1, 0.15) is 53.7 Å². The molecule has 40 heavy (non-hydrogen) atoms. The fourth-order valence-electron chi connectivity index (χ4n) is 5.58. The van der Waals surface area contributed by atoms with Crippen molar-refractivity contribution in [2.75, 3.05) is 39.0 Å². The van der Waals surface area contributed by atoms with E-state index in [1.165, 1.54) is 0 Å². The predicted octanol–water partition coefficient (Wildman–Crippen LogP) is 4.00. The van der Waals surface area contributed by atoms with Crippen LogP contribution in [0.4, 0.5) is 24.8 Å². The Bertz CT molecular complexity index is 1240. The number of nitrogens with one attached hydrogen (secondary N) is 2. The van der Waals surface area contributed by atoms with E-state index < -0.39 is 17.7 Å². The lowest BCUT2D eigenvalue weighted by atomic mass is 9.89. The molecule has 4 rings (SSSR count). The van der Waals surface area contributed by atoms with E-state index in [9.17, 15) is 22.8 Å². The number of carbonyl (C=O) groups excluding carboxylic acids is 2. The van der Waals surface area contributed by atoms with Gasteiger partial charge in [0.2, 0.25) is 11.9 Å². The van der Waals surface area contributed by atoms with Crippen molar-refractivity contribution in [1.29, 1.82) is 5.26 Å². The Morgan fingerprint density at radius 1 is 1.15 bits per heavy atom. The molecule has 0 unspecified atom stereocenters. The smallest absolute Gasteiger partial charge is 0.343 e. The Balaban J connectivity index is 1.47. The second kappa shape index (κ2) is 12.6. The first-order chi connectivity index (χ1) is 19.1. The maximum absolute atomic E-state index is 13.8. The summed E-state index contributed by atoms with van der Waals surface area (Å²) in [7, 11) is 3.88. The van der Waals surface area contributed by atoms with E-state index in [2.05, 4.69) is 32.5 Å². The summed E-state index contributed by atoms with van der Waals surface area (Å²) >= 11 is 0. The molecule has 12 heteroatoms. The Kier molecular flexibility index (Phi) is 9.25. The second-order valence-electron chi connectivity index (χ2n) is 10.6. The van der Waals surface area contributed by atoms with Crippen LogP contribution >= 0.6 is 0 Å². The SMILES string of the molecule is CN1CCC(N(C)C(=O)c2ccc(Nc3ncc(C(F)(F)F)c(C[C@@H]4CCC[C@@H]4C(=O)NCC#N)n3)cc2)CC1. The van der Waals surface area contributed by atoms with Gasteiger partial charge in [-0.05, 0) is 82.4 Å². The van der Waals surface area contributed by atoms with Crippen LogP contribution in [-0.4, -0.2) is 71.4 Å². The molecule has 0 bridgehead atoms. The van der Waals surface area contributed by atoms with Crippen LogP contribution in [0.15, 0.2) is 30.5 Å². The van der Waals surface area contributed by atoms with E-state index in [1.54, 1.807) is 29.2 Å². The van der Waals surface area contributed by atoms with Gasteiger partial charge in [-0.3, -0.25) is 9.59 Å². The van der Waals surface area contributed by atoms with Crippen molar-refractivity contribution in [2.45, 2.75) is 50.7 Å². The van der Waals surface area contributed by atoms with Gasteiger partial charge >= 0.3 is 6.18 Å². The molecule has 0 radical (unpaired) electrons. The monoisotopic (exact) mass is 557 g/mol. The Labute approximate surface area is 231 Å². The minimum atomic E-state index is -4.65. The van der Waals surface area contributed by atoms with Crippen molar-refractivity contribution in [2.24, 2.45) is 11.8 Å². The summed E-state index contributed by atoms with van der Waals surface area (Å²) in [6.45, 7) is 1.74. The number of likely N-dealkylation sites (tertiary alicyclic amines) is 1. The van der Waals surface area contributed by atoms with Crippen molar-refractivity contribution in [3.05, 3.63) is 47.3 Å². The van der Waals surface area contributed by atoms with Gasteiger partial charge in [-0.1, -0.05) is 6.42 Å². The third kappa shape index (κ3) is 7.07. The molecule has 2 atom stereocenters. The van der Waals surface area contributed by atoms with Crippen LogP contribution in [0.2, 0.25) is 0 Å². The Morgan fingerprint density at radius 3 is 2.50 bits per heavy atom. The minimum absolute atomic E-state index is 0.00556. The number of benzene rings is 1. The molecule has 2 amide bonds. The number of nitrogens with zero attached hydrogens (tertiary/aromatic N) is 5. The number of hydrogen-bond acceptors (Lipinski definition) is 7. The van der Waals surface area contributed by atoms with E-state index in [-0.39, 0.29) is 48.4 Å². The molecule has 214 valence electrons. The third-order valence-electron chi connectivity index (χ3n) is 7.91. The summed E-state index contributed by atoms with van der Waals surface area (Å²) in [4.78, 5) is 37.5. The average molecular weight is 558 g/mol. The molecule has 9 nitrogen and oxygen atoms in total. The molecular formula is C28H34F3N7O2. The number of carbonyl (C=O) groups is 2. The molecule has 2 aliphatic rings. The highest BCUT2D eigenvalue weighted by Gasteiger charge is 2.39. The summed E-state index contributed by atoms with van der Waals surface area (Å²) in [5, 5.41) is 14.2. The normalized spacial score (nSPS) is 20.1. The van der Waals surface area contributed by atoms with Crippen molar-refractivity contribution in [1.82, 2.24) is 25.1 Å². The van der Waals surface area contributed by atoms with E-state index in [0.29, 0.717) is 30.5 Å². The number of nitriles is 1. The highest BCUT2D eigenvalue weighted by atomic mass is 19.4. The maximum atomic E-state index is 13.8. The van der Waals surface area contributed by atoms with Crippen LogP contribution in [0.5, 0.6) is 0 Å². The van der Waals surface area contributed by atoms with Gasteiger partial charge in [0.25, 0.3) is 5.91 Å². The molecule has 1 aliphatic heterocycles. The standard InChI is InChI=1S/C28H34F3N7O2/c1-37-14-10-21(11-15-37)38(2)26(40)18-6-8-20(9-7-18)35-27-34-17-23(28(29,30)31)24(36-27)16-19-4-3-5-22(19)25(39)33-13-12-32/h6-9,17,19,21-22H,3-5,10-11,13-16H2,1-2H3,(H,33,39)(H,34,35,36)/t19-,22-/m0/s1. The molecule has 1 aromatic heterocycles. The lowest BCUT2D eigenvalue weighted by molar-refractivity contribution is -0.138. The number of rotatable bonds is 8. The average Bonchev–Trinajstić information content (AvgIpc) is 3.39. The number of halogens is 3. The quantitative estimate of drug-likeness (QED) is 0.472. The molecule has 2 fully saturated rings. The summed E-state index contributed by atoms with van der Waals surface area (Å²) in [6.07, 6.45) is -0.228. The fourth-order valence-corrected chi connectivity index (χ4v) is 5.58. The van der Waals surface area contributed by atoms with Crippen molar-refractivity contribution < 1.29 is 22.8 Å². The van der Waals surface area contributed by atoms with Crippen molar-refractivity contribution in [3.8, 4) is 6.07 Å². The second-order valence-corrected chi connectivity index (χ2v) is 10.6. The Morgan fingerprint density at radius 2 is 1.85 bits per heavy atom. The van der Waals surface area contributed by atoms with Crippen LogP contribution in [-0.2, 0) is 17.4 Å². The number of hydrogen-bond donors (Lipinski definition) is 2. The molecule has 1 aromatic carbocycles. The van der Waals surface area contributed by atoms with Crippen molar-refractivity contribution in [3.63, 3.8) is 0 Å². The van der Waals surface area contributed by atoms with Gasteiger partial charge in [-0.15, -0.1) is 0 Å². The number of anilines is 2. The molecule has 2 N–H and O–H groups in total. The molecule has 2 aromatic rings. The van der Waals surface area contributed by atoms with Crippen molar-refractivity contribution >= 4 is 23.5 Å². The number of amides is 2.